The maximum Gasteiger partial charge on any atom is 0.250 e. The van der Waals surface area contributed by atoms with Crippen LogP contribution in [0.4, 0.5) is 10.1 Å². The summed E-state index contributed by atoms with van der Waals surface area (Å²) in [5.41, 5.74) is 6.10. The Bertz CT molecular complexity index is 807. The molecule has 0 aromatic heterocycles. The summed E-state index contributed by atoms with van der Waals surface area (Å²) >= 11 is 0. The van der Waals surface area contributed by atoms with Crippen LogP contribution in [0.3, 0.4) is 0 Å². The quantitative estimate of drug-likeness (QED) is 0.938. The molecule has 1 atom stereocenters. The van der Waals surface area contributed by atoms with Gasteiger partial charge in [0.15, 0.2) is 0 Å². The third kappa shape index (κ3) is 2.82. The Morgan fingerprint density at radius 2 is 1.96 bits per heavy atom. The summed E-state index contributed by atoms with van der Waals surface area (Å²) in [5, 5.41) is 0. The number of amides is 2. The summed E-state index contributed by atoms with van der Waals surface area (Å²) in [4.78, 5) is 25.4. The van der Waals surface area contributed by atoms with Crippen LogP contribution in [0.15, 0.2) is 42.5 Å². The first-order valence-corrected chi connectivity index (χ1v) is 7.55. The molecule has 5 nitrogen and oxygen atoms in total. The number of benzene rings is 2. The monoisotopic (exact) mass is 328 g/mol. The lowest BCUT2D eigenvalue weighted by Gasteiger charge is -2.29. The van der Waals surface area contributed by atoms with E-state index >= 15 is 0 Å². The Kier molecular flexibility index (Phi) is 4.20. The molecule has 0 spiro atoms. The van der Waals surface area contributed by atoms with Gasteiger partial charge in [-0.1, -0.05) is 24.3 Å². The highest BCUT2D eigenvalue weighted by molar-refractivity contribution is 6.04. The number of rotatable bonds is 3. The van der Waals surface area contributed by atoms with E-state index in [1.54, 1.807) is 0 Å². The molecule has 2 aromatic carbocycles. The van der Waals surface area contributed by atoms with Crippen molar-refractivity contribution in [1.82, 2.24) is 0 Å². The second kappa shape index (κ2) is 6.31. The van der Waals surface area contributed by atoms with Crippen molar-refractivity contribution in [2.24, 2.45) is 11.7 Å². The van der Waals surface area contributed by atoms with Crippen molar-refractivity contribution in [3.63, 3.8) is 0 Å². The summed E-state index contributed by atoms with van der Waals surface area (Å²) in [6.07, 6.45) is 0.500. The fourth-order valence-corrected chi connectivity index (χ4v) is 2.93. The lowest BCUT2D eigenvalue weighted by Crippen LogP contribution is -2.40. The van der Waals surface area contributed by atoms with E-state index < -0.39 is 17.6 Å². The first-order chi connectivity index (χ1) is 11.5. The molecule has 0 radical (unpaired) electrons. The molecule has 0 aliphatic carbocycles. The molecule has 1 aliphatic heterocycles. The van der Waals surface area contributed by atoms with E-state index in [9.17, 15) is 14.0 Å². The van der Waals surface area contributed by atoms with Crippen LogP contribution in [-0.2, 0) is 11.2 Å². The van der Waals surface area contributed by atoms with Crippen molar-refractivity contribution in [2.75, 3.05) is 18.6 Å². The summed E-state index contributed by atoms with van der Waals surface area (Å²) in [5.74, 6) is -1.47. The van der Waals surface area contributed by atoms with Gasteiger partial charge in [0.05, 0.1) is 17.2 Å². The van der Waals surface area contributed by atoms with Crippen LogP contribution in [0.5, 0.6) is 5.75 Å². The Morgan fingerprint density at radius 3 is 2.71 bits per heavy atom. The van der Waals surface area contributed by atoms with E-state index in [2.05, 4.69) is 0 Å². The van der Waals surface area contributed by atoms with Gasteiger partial charge in [-0.2, -0.15) is 0 Å². The normalized spacial score (nSPS) is 16.0. The molecule has 0 bridgehead atoms. The maximum atomic E-state index is 14.2. The van der Waals surface area contributed by atoms with E-state index in [4.69, 9.17) is 10.5 Å². The Morgan fingerprint density at radius 1 is 1.21 bits per heavy atom. The van der Waals surface area contributed by atoms with Crippen molar-refractivity contribution >= 4 is 17.5 Å². The molecule has 0 saturated heterocycles. The molecule has 2 aromatic rings. The molecule has 24 heavy (non-hydrogen) atoms. The zero-order chi connectivity index (χ0) is 17.3. The average Bonchev–Trinajstić information content (AvgIpc) is 2.59. The molecular formula is C18H17FN2O3. The van der Waals surface area contributed by atoms with Crippen molar-refractivity contribution in [3.8, 4) is 5.75 Å². The van der Waals surface area contributed by atoms with Gasteiger partial charge in [-0.05, 0) is 30.2 Å². The van der Waals surface area contributed by atoms with Crippen LogP contribution in [-0.4, -0.2) is 25.5 Å². The Hall–Kier alpha value is -2.89. The van der Waals surface area contributed by atoms with Crippen molar-refractivity contribution in [3.05, 3.63) is 59.4 Å². The number of carbonyl (C=O) groups excluding carboxylic acids is 2. The second-order valence-electron chi connectivity index (χ2n) is 5.72. The molecular weight excluding hydrogens is 311 g/mol. The molecule has 0 saturated carbocycles. The predicted molar refractivity (Wildman–Crippen MR) is 87.5 cm³/mol. The topological polar surface area (TPSA) is 72.6 Å². The number of nitrogens with two attached hydrogens (primary N) is 1. The van der Waals surface area contributed by atoms with Crippen molar-refractivity contribution in [1.29, 1.82) is 0 Å². The largest absolute Gasteiger partial charge is 0.492 e. The zero-order valence-corrected chi connectivity index (χ0v) is 13.2. The van der Waals surface area contributed by atoms with E-state index in [1.165, 1.54) is 25.2 Å². The van der Waals surface area contributed by atoms with Crippen LogP contribution in [0.2, 0.25) is 0 Å². The minimum atomic E-state index is -0.783. The molecule has 0 unspecified atom stereocenters. The number of ether oxygens (including phenoxy) is 1. The van der Waals surface area contributed by atoms with E-state index in [0.29, 0.717) is 6.42 Å². The molecule has 0 fully saturated rings. The fraction of sp³-hybridized carbons (Fsp3) is 0.222. The van der Waals surface area contributed by atoms with Crippen LogP contribution >= 0.6 is 0 Å². The number of nitrogens with zero attached hydrogens (tertiary/aromatic N) is 1. The number of hydrogen-bond acceptors (Lipinski definition) is 3. The Labute approximate surface area is 138 Å². The number of hydrogen-bond donors (Lipinski definition) is 1. The molecule has 3 rings (SSSR count). The number of primary amides is 1. The van der Waals surface area contributed by atoms with Crippen molar-refractivity contribution in [2.45, 2.75) is 6.42 Å². The van der Waals surface area contributed by atoms with Gasteiger partial charge in [-0.15, -0.1) is 0 Å². The van der Waals surface area contributed by atoms with Crippen LogP contribution in [0.1, 0.15) is 15.9 Å². The SMILES string of the molecule is CN(C(=O)[C@H]1COc2ccccc2C1)c1c(F)cccc1C(N)=O. The molecule has 1 aliphatic rings. The summed E-state index contributed by atoms with van der Waals surface area (Å²) < 4.78 is 19.8. The number of para-hydroxylation sites is 2. The Balaban J connectivity index is 1.88. The van der Waals surface area contributed by atoms with Gasteiger partial charge in [0.25, 0.3) is 5.91 Å². The lowest BCUT2D eigenvalue weighted by molar-refractivity contribution is -0.123. The van der Waals surface area contributed by atoms with Gasteiger partial charge >= 0.3 is 0 Å². The molecule has 6 heteroatoms. The van der Waals surface area contributed by atoms with Crippen LogP contribution in [0, 0.1) is 11.7 Å². The minimum absolute atomic E-state index is 0.0250. The number of halogens is 1. The van der Waals surface area contributed by atoms with Gasteiger partial charge in [0.1, 0.15) is 18.2 Å². The van der Waals surface area contributed by atoms with Gasteiger partial charge < -0.3 is 15.4 Å². The highest BCUT2D eigenvalue weighted by Gasteiger charge is 2.31. The van der Waals surface area contributed by atoms with Crippen LogP contribution in [0.25, 0.3) is 0 Å². The minimum Gasteiger partial charge on any atom is -0.492 e. The predicted octanol–water partition coefficient (Wildman–Crippen LogP) is 2.14. The first-order valence-electron chi connectivity index (χ1n) is 7.55. The van der Waals surface area contributed by atoms with Gasteiger partial charge in [-0.25, -0.2) is 4.39 Å². The molecule has 2 N–H and O–H groups in total. The number of carbonyl (C=O) groups is 2. The van der Waals surface area contributed by atoms with Gasteiger partial charge in [0.2, 0.25) is 5.91 Å². The zero-order valence-electron chi connectivity index (χ0n) is 13.2. The highest BCUT2D eigenvalue weighted by atomic mass is 19.1. The second-order valence-corrected chi connectivity index (χ2v) is 5.72. The standard InChI is InChI=1S/C18H17FN2O3/c1-21(16-13(17(20)22)6-4-7-14(16)19)18(23)12-9-11-5-2-3-8-15(11)24-10-12/h2-8,12H,9-10H2,1H3,(H2,20,22)/t12-/m1/s1. The molecule has 124 valence electrons. The molecule has 2 amide bonds. The summed E-state index contributed by atoms with van der Waals surface area (Å²) in [6, 6.07) is 11.5. The van der Waals surface area contributed by atoms with E-state index in [-0.39, 0.29) is 23.8 Å². The summed E-state index contributed by atoms with van der Waals surface area (Å²) in [6.45, 7) is 0.209. The molecule has 1 heterocycles. The van der Waals surface area contributed by atoms with E-state index in [1.807, 2.05) is 24.3 Å². The lowest BCUT2D eigenvalue weighted by atomic mass is 9.95. The number of anilines is 1. The summed E-state index contributed by atoms with van der Waals surface area (Å²) in [7, 11) is 1.44. The number of fused-ring (bicyclic) bond motifs is 1. The van der Waals surface area contributed by atoms with E-state index in [0.717, 1.165) is 16.2 Å². The third-order valence-corrected chi connectivity index (χ3v) is 4.15. The van der Waals surface area contributed by atoms with Crippen molar-refractivity contribution < 1.29 is 18.7 Å². The maximum absolute atomic E-state index is 14.2. The smallest absolute Gasteiger partial charge is 0.250 e. The third-order valence-electron chi connectivity index (χ3n) is 4.15. The average molecular weight is 328 g/mol. The fourth-order valence-electron chi connectivity index (χ4n) is 2.93. The first kappa shape index (κ1) is 16.0. The van der Waals surface area contributed by atoms with Gasteiger partial charge in [-0.3, -0.25) is 9.59 Å². The van der Waals surface area contributed by atoms with Crippen LogP contribution < -0.4 is 15.4 Å². The van der Waals surface area contributed by atoms with Gasteiger partial charge in [0, 0.05) is 7.05 Å². The highest BCUT2D eigenvalue weighted by Crippen LogP contribution is 2.30.